The van der Waals surface area contributed by atoms with Gasteiger partial charge in [-0.2, -0.15) is 4.98 Å². The molecule has 0 saturated heterocycles. The van der Waals surface area contributed by atoms with Gasteiger partial charge in [0.25, 0.3) is 0 Å². The van der Waals surface area contributed by atoms with E-state index in [0.29, 0.717) is 18.3 Å². The monoisotopic (exact) mass is 276 g/mol. The van der Waals surface area contributed by atoms with Crippen LogP contribution >= 0.6 is 0 Å². The van der Waals surface area contributed by atoms with E-state index in [4.69, 9.17) is 4.52 Å². The zero-order valence-electron chi connectivity index (χ0n) is 12.2. The first-order valence-corrected chi connectivity index (χ1v) is 6.53. The first-order chi connectivity index (χ1) is 9.37. The third-order valence-corrected chi connectivity index (χ3v) is 3.02. The smallest absolute Gasteiger partial charge is 0.244 e. The van der Waals surface area contributed by atoms with Crippen LogP contribution in [0.1, 0.15) is 32.7 Å². The van der Waals surface area contributed by atoms with Gasteiger partial charge in [-0.1, -0.05) is 5.16 Å². The Hall–Kier alpha value is -1.79. The van der Waals surface area contributed by atoms with Crippen LogP contribution in [0.15, 0.2) is 29.0 Å². The van der Waals surface area contributed by atoms with Gasteiger partial charge in [0.1, 0.15) is 0 Å². The summed E-state index contributed by atoms with van der Waals surface area (Å²) in [6, 6.07) is 3.64. The molecule has 2 heterocycles. The Labute approximate surface area is 118 Å². The fourth-order valence-electron chi connectivity index (χ4n) is 1.95. The van der Waals surface area contributed by atoms with Crippen LogP contribution in [0, 0.1) is 0 Å². The summed E-state index contributed by atoms with van der Waals surface area (Å²) in [5.74, 6) is 1.05. The van der Waals surface area contributed by atoms with Crippen molar-refractivity contribution in [1.29, 1.82) is 0 Å². The van der Waals surface area contributed by atoms with Crippen LogP contribution in [0.3, 0.4) is 0 Å². The molecule has 0 aromatic carbocycles. The minimum Gasteiger partial charge on any atom is -0.389 e. The lowest BCUT2D eigenvalue weighted by molar-refractivity contribution is 0.0289. The van der Waals surface area contributed by atoms with Crippen molar-refractivity contribution in [2.24, 2.45) is 0 Å². The lowest BCUT2D eigenvalue weighted by atomic mass is 10.1. The van der Waals surface area contributed by atoms with Gasteiger partial charge in [-0.15, -0.1) is 0 Å². The summed E-state index contributed by atoms with van der Waals surface area (Å²) in [4.78, 5) is 10.4. The molecular formula is C14H20N4O2. The maximum Gasteiger partial charge on any atom is 0.244 e. The van der Waals surface area contributed by atoms with E-state index in [1.165, 1.54) is 0 Å². The molecule has 0 fully saturated rings. The summed E-state index contributed by atoms with van der Waals surface area (Å²) in [5.41, 5.74) is 0.0507. The van der Waals surface area contributed by atoms with Gasteiger partial charge in [0, 0.05) is 24.5 Å². The van der Waals surface area contributed by atoms with Gasteiger partial charge in [-0.25, -0.2) is 0 Å². The molecule has 0 saturated carbocycles. The van der Waals surface area contributed by atoms with Gasteiger partial charge < -0.3 is 9.63 Å². The van der Waals surface area contributed by atoms with E-state index < -0.39 is 5.60 Å². The second kappa shape index (κ2) is 5.68. The van der Waals surface area contributed by atoms with Crippen LogP contribution in [0.25, 0.3) is 11.4 Å². The topological polar surface area (TPSA) is 75.3 Å². The number of hydrogen-bond donors (Lipinski definition) is 1. The van der Waals surface area contributed by atoms with Gasteiger partial charge in [-0.05, 0) is 40.0 Å². The van der Waals surface area contributed by atoms with Crippen LogP contribution in [0.5, 0.6) is 0 Å². The van der Waals surface area contributed by atoms with Crippen LogP contribution < -0.4 is 0 Å². The van der Waals surface area contributed by atoms with Gasteiger partial charge in [0.05, 0.1) is 11.6 Å². The Bertz CT molecular complexity index is 548. The normalized spacial score (nSPS) is 13.7. The van der Waals surface area contributed by atoms with Crippen molar-refractivity contribution in [3.8, 4) is 11.4 Å². The minimum absolute atomic E-state index is 0.0700. The number of nitrogens with zero attached hydrogens (tertiary/aromatic N) is 4. The Morgan fingerprint density at radius 2 is 2.20 bits per heavy atom. The van der Waals surface area contributed by atoms with Crippen LogP contribution in [-0.4, -0.2) is 44.3 Å². The molecule has 108 valence electrons. The Balaban J connectivity index is 2.12. The lowest BCUT2D eigenvalue weighted by Crippen LogP contribution is -2.37. The van der Waals surface area contributed by atoms with Crippen LogP contribution in [-0.2, 0) is 0 Å². The number of aliphatic hydroxyl groups is 1. The highest BCUT2D eigenvalue weighted by atomic mass is 16.5. The molecule has 0 aliphatic rings. The Morgan fingerprint density at radius 3 is 2.80 bits per heavy atom. The summed E-state index contributed by atoms with van der Waals surface area (Å²) in [5, 5.41) is 13.8. The van der Waals surface area contributed by atoms with Crippen molar-refractivity contribution < 1.29 is 9.63 Å². The average Bonchev–Trinajstić information content (AvgIpc) is 2.86. The van der Waals surface area contributed by atoms with E-state index >= 15 is 0 Å². The zero-order chi connectivity index (χ0) is 14.8. The van der Waals surface area contributed by atoms with Crippen molar-refractivity contribution >= 4 is 0 Å². The molecule has 1 unspecified atom stereocenters. The number of aromatic nitrogens is 3. The molecule has 20 heavy (non-hydrogen) atoms. The lowest BCUT2D eigenvalue weighted by Gasteiger charge is -2.28. The second-order valence-corrected chi connectivity index (χ2v) is 5.60. The minimum atomic E-state index is -0.769. The molecule has 0 radical (unpaired) electrons. The van der Waals surface area contributed by atoms with Gasteiger partial charge in [-0.3, -0.25) is 9.88 Å². The fourth-order valence-corrected chi connectivity index (χ4v) is 1.95. The van der Waals surface area contributed by atoms with Crippen molar-refractivity contribution in [2.45, 2.75) is 32.4 Å². The zero-order valence-corrected chi connectivity index (χ0v) is 12.2. The molecule has 6 nitrogen and oxygen atoms in total. The van der Waals surface area contributed by atoms with E-state index in [2.05, 4.69) is 15.1 Å². The first kappa shape index (κ1) is 14.6. The number of pyridine rings is 1. The molecule has 0 spiro atoms. The van der Waals surface area contributed by atoms with Gasteiger partial charge in [0.15, 0.2) is 0 Å². The van der Waals surface area contributed by atoms with Crippen LogP contribution in [0.4, 0.5) is 0 Å². The van der Waals surface area contributed by atoms with E-state index in [0.717, 1.165) is 5.56 Å². The van der Waals surface area contributed by atoms with Crippen LogP contribution in [0.2, 0.25) is 0 Å². The highest BCUT2D eigenvalue weighted by molar-refractivity contribution is 5.51. The Kier molecular flexibility index (Phi) is 4.15. The third kappa shape index (κ3) is 3.61. The maximum absolute atomic E-state index is 9.85. The van der Waals surface area contributed by atoms with Crippen molar-refractivity contribution in [3.05, 3.63) is 30.4 Å². The molecule has 0 aliphatic heterocycles. The maximum atomic E-state index is 9.85. The summed E-state index contributed by atoms with van der Waals surface area (Å²) in [6.45, 7) is 6.02. The summed E-state index contributed by atoms with van der Waals surface area (Å²) < 4.78 is 5.30. The van der Waals surface area contributed by atoms with Gasteiger partial charge in [0.2, 0.25) is 11.7 Å². The molecular weight excluding hydrogens is 256 g/mol. The molecule has 1 atom stereocenters. The molecule has 1 N–H and O–H groups in total. The molecule has 0 bridgehead atoms. The average molecular weight is 276 g/mol. The molecule has 0 amide bonds. The predicted octanol–water partition coefficient (Wildman–Crippen LogP) is 1.90. The fraction of sp³-hybridized carbons (Fsp3) is 0.500. The van der Waals surface area contributed by atoms with Crippen molar-refractivity contribution in [2.75, 3.05) is 13.6 Å². The molecule has 0 aliphatic carbocycles. The highest BCUT2D eigenvalue weighted by Crippen LogP contribution is 2.22. The molecule has 2 rings (SSSR count). The Morgan fingerprint density at radius 1 is 1.45 bits per heavy atom. The van der Waals surface area contributed by atoms with E-state index in [1.54, 1.807) is 26.2 Å². The first-order valence-electron chi connectivity index (χ1n) is 6.53. The number of rotatable bonds is 5. The standard InChI is InChI=1S/C14H20N4O2/c1-10(18(4)9-14(2,3)19)13-16-12(17-20-13)11-6-5-7-15-8-11/h5-8,10,19H,9H2,1-4H3. The van der Waals surface area contributed by atoms with Crippen molar-refractivity contribution in [3.63, 3.8) is 0 Å². The molecule has 2 aromatic heterocycles. The second-order valence-electron chi connectivity index (χ2n) is 5.60. The largest absolute Gasteiger partial charge is 0.389 e. The number of likely N-dealkylation sites (N-methyl/N-ethyl adjacent to an activating group) is 1. The van der Waals surface area contributed by atoms with E-state index in [1.807, 2.05) is 31.0 Å². The van der Waals surface area contributed by atoms with E-state index in [-0.39, 0.29) is 6.04 Å². The van der Waals surface area contributed by atoms with Gasteiger partial charge >= 0.3 is 0 Å². The predicted molar refractivity (Wildman–Crippen MR) is 74.9 cm³/mol. The summed E-state index contributed by atoms with van der Waals surface area (Å²) in [6.07, 6.45) is 3.39. The SMILES string of the molecule is CC(c1nc(-c2cccnc2)no1)N(C)CC(C)(C)O. The quantitative estimate of drug-likeness (QED) is 0.899. The highest BCUT2D eigenvalue weighted by Gasteiger charge is 2.24. The molecule has 2 aromatic rings. The van der Waals surface area contributed by atoms with E-state index in [9.17, 15) is 5.11 Å². The summed E-state index contributed by atoms with van der Waals surface area (Å²) >= 11 is 0. The number of hydrogen-bond acceptors (Lipinski definition) is 6. The third-order valence-electron chi connectivity index (χ3n) is 3.02. The molecule has 6 heteroatoms. The summed E-state index contributed by atoms with van der Waals surface area (Å²) in [7, 11) is 1.91. The van der Waals surface area contributed by atoms with Crippen molar-refractivity contribution in [1.82, 2.24) is 20.0 Å².